The van der Waals surface area contributed by atoms with Gasteiger partial charge in [-0.2, -0.15) is 0 Å². The topological polar surface area (TPSA) is 46.2 Å². The van der Waals surface area contributed by atoms with Gasteiger partial charge in [-0.3, -0.25) is 0 Å². The fourth-order valence-corrected chi connectivity index (χ4v) is 1.90. The van der Waals surface area contributed by atoms with Crippen molar-refractivity contribution in [1.29, 1.82) is 0 Å². The van der Waals surface area contributed by atoms with Gasteiger partial charge in [0.05, 0.1) is 6.10 Å². The summed E-state index contributed by atoms with van der Waals surface area (Å²) in [6, 6.07) is 7.30. The molecule has 0 fully saturated rings. The van der Waals surface area contributed by atoms with Gasteiger partial charge < -0.3 is 10.8 Å². The van der Waals surface area contributed by atoms with E-state index < -0.39 is 6.10 Å². The number of hydrogen-bond donors (Lipinski definition) is 2. The van der Waals surface area contributed by atoms with E-state index in [0.717, 1.165) is 5.56 Å². The first-order valence-corrected chi connectivity index (χ1v) is 5.57. The van der Waals surface area contributed by atoms with Crippen molar-refractivity contribution in [1.82, 2.24) is 0 Å². The first kappa shape index (κ1) is 12.5. The molecule has 0 saturated carbocycles. The molecule has 0 spiro atoms. The molecule has 0 bridgehead atoms. The zero-order valence-electron chi connectivity index (χ0n) is 9.15. The molecule has 0 aliphatic heterocycles. The number of hydrogen-bond acceptors (Lipinski definition) is 2. The van der Waals surface area contributed by atoms with Crippen molar-refractivity contribution in [3.8, 4) is 0 Å². The van der Waals surface area contributed by atoms with E-state index in [2.05, 4.69) is 13.8 Å². The molecule has 2 nitrogen and oxygen atoms in total. The van der Waals surface area contributed by atoms with Gasteiger partial charge in [0.1, 0.15) is 0 Å². The molecule has 15 heavy (non-hydrogen) atoms. The van der Waals surface area contributed by atoms with Crippen molar-refractivity contribution in [3.63, 3.8) is 0 Å². The molecule has 84 valence electrons. The maximum Gasteiger partial charge on any atom is 0.0833 e. The molecule has 2 atom stereocenters. The van der Waals surface area contributed by atoms with Crippen molar-refractivity contribution in [2.24, 2.45) is 17.6 Å². The average molecular weight is 228 g/mol. The maximum atomic E-state index is 10.1. The van der Waals surface area contributed by atoms with E-state index in [0.29, 0.717) is 17.5 Å². The Balaban J connectivity index is 2.87. The Kier molecular flexibility index (Phi) is 4.58. The third kappa shape index (κ3) is 3.20. The predicted octanol–water partition coefficient (Wildman–Crippen LogP) is 2.60. The summed E-state index contributed by atoms with van der Waals surface area (Å²) in [7, 11) is 0. The number of halogens is 1. The van der Waals surface area contributed by atoms with Gasteiger partial charge in [-0.1, -0.05) is 37.6 Å². The minimum atomic E-state index is -0.534. The lowest BCUT2D eigenvalue weighted by atomic mass is 9.87. The van der Waals surface area contributed by atoms with Crippen LogP contribution in [0.2, 0.25) is 5.02 Å². The number of benzene rings is 1. The van der Waals surface area contributed by atoms with Crippen LogP contribution in [0.3, 0.4) is 0 Å². The summed E-state index contributed by atoms with van der Waals surface area (Å²) < 4.78 is 0. The van der Waals surface area contributed by atoms with E-state index >= 15 is 0 Å². The summed E-state index contributed by atoms with van der Waals surface area (Å²) in [6.45, 7) is 4.60. The number of aliphatic hydroxyl groups excluding tert-OH is 1. The van der Waals surface area contributed by atoms with Gasteiger partial charge >= 0.3 is 0 Å². The van der Waals surface area contributed by atoms with Crippen LogP contribution in [0.1, 0.15) is 25.5 Å². The lowest BCUT2D eigenvalue weighted by Gasteiger charge is -2.25. The molecule has 0 radical (unpaired) electrons. The van der Waals surface area contributed by atoms with Crippen LogP contribution in [0.15, 0.2) is 24.3 Å². The second-order valence-corrected chi connectivity index (χ2v) is 4.58. The SMILES string of the molecule is CC(C)C(CN)C(O)c1cccc(Cl)c1. The highest BCUT2D eigenvalue weighted by molar-refractivity contribution is 6.30. The first-order chi connectivity index (χ1) is 7.06. The lowest BCUT2D eigenvalue weighted by Crippen LogP contribution is -2.26. The van der Waals surface area contributed by atoms with Gasteiger partial charge in [0, 0.05) is 10.9 Å². The molecule has 0 amide bonds. The fourth-order valence-electron chi connectivity index (χ4n) is 1.70. The highest BCUT2D eigenvalue weighted by Gasteiger charge is 2.22. The Bertz CT molecular complexity index is 314. The van der Waals surface area contributed by atoms with Crippen LogP contribution >= 0.6 is 11.6 Å². The van der Waals surface area contributed by atoms with Crippen molar-refractivity contribution in [2.45, 2.75) is 20.0 Å². The van der Waals surface area contributed by atoms with Crippen LogP contribution in [0.5, 0.6) is 0 Å². The highest BCUT2D eigenvalue weighted by Crippen LogP contribution is 2.28. The Morgan fingerprint density at radius 3 is 2.53 bits per heavy atom. The Hall–Kier alpha value is -0.570. The smallest absolute Gasteiger partial charge is 0.0833 e. The van der Waals surface area contributed by atoms with Gasteiger partial charge in [-0.25, -0.2) is 0 Å². The first-order valence-electron chi connectivity index (χ1n) is 5.20. The van der Waals surface area contributed by atoms with Crippen LogP contribution in [0.4, 0.5) is 0 Å². The van der Waals surface area contributed by atoms with E-state index in [9.17, 15) is 5.11 Å². The minimum absolute atomic E-state index is 0.0727. The van der Waals surface area contributed by atoms with Crippen molar-refractivity contribution < 1.29 is 5.11 Å². The lowest BCUT2D eigenvalue weighted by molar-refractivity contribution is 0.0861. The quantitative estimate of drug-likeness (QED) is 0.831. The molecule has 1 aromatic carbocycles. The highest BCUT2D eigenvalue weighted by atomic mass is 35.5. The Morgan fingerprint density at radius 2 is 2.07 bits per heavy atom. The summed E-state index contributed by atoms with van der Waals surface area (Å²) in [6.07, 6.45) is -0.534. The molecule has 0 saturated heterocycles. The van der Waals surface area contributed by atoms with Gasteiger partial charge in [0.15, 0.2) is 0 Å². The zero-order valence-corrected chi connectivity index (χ0v) is 9.91. The molecule has 0 heterocycles. The van der Waals surface area contributed by atoms with E-state index in [1.165, 1.54) is 0 Å². The van der Waals surface area contributed by atoms with Crippen LogP contribution in [-0.2, 0) is 0 Å². The zero-order chi connectivity index (χ0) is 11.4. The Labute approximate surface area is 96.1 Å². The van der Waals surface area contributed by atoms with E-state index in [1.807, 2.05) is 12.1 Å². The third-order valence-corrected chi connectivity index (χ3v) is 2.96. The van der Waals surface area contributed by atoms with Crippen molar-refractivity contribution in [2.75, 3.05) is 6.54 Å². The van der Waals surface area contributed by atoms with Crippen LogP contribution < -0.4 is 5.73 Å². The van der Waals surface area contributed by atoms with Crippen LogP contribution in [0.25, 0.3) is 0 Å². The van der Waals surface area contributed by atoms with Crippen LogP contribution in [-0.4, -0.2) is 11.7 Å². The fraction of sp³-hybridized carbons (Fsp3) is 0.500. The van der Waals surface area contributed by atoms with E-state index in [1.54, 1.807) is 12.1 Å². The normalized spacial score (nSPS) is 15.3. The van der Waals surface area contributed by atoms with E-state index in [4.69, 9.17) is 17.3 Å². The second-order valence-electron chi connectivity index (χ2n) is 4.14. The molecule has 0 aliphatic carbocycles. The summed E-state index contributed by atoms with van der Waals surface area (Å²) in [4.78, 5) is 0. The molecule has 2 unspecified atom stereocenters. The summed E-state index contributed by atoms with van der Waals surface area (Å²) in [5, 5.41) is 10.8. The summed E-state index contributed by atoms with van der Waals surface area (Å²) in [5.74, 6) is 0.424. The minimum Gasteiger partial charge on any atom is -0.388 e. The molecular formula is C12H18ClNO. The van der Waals surface area contributed by atoms with Crippen molar-refractivity contribution >= 4 is 11.6 Å². The molecular weight excluding hydrogens is 210 g/mol. The standard InChI is InChI=1S/C12H18ClNO/c1-8(2)11(7-14)12(15)9-4-3-5-10(13)6-9/h3-6,8,11-12,15H,7,14H2,1-2H3. The average Bonchev–Trinajstić information content (AvgIpc) is 2.18. The third-order valence-electron chi connectivity index (χ3n) is 2.72. The number of nitrogens with two attached hydrogens (primary N) is 1. The summed E-state index contributed by atoms with van der Waals surface area (Å²) in [5.41, 5.74) is 6.50. The van der Waals surface area contributed by atoms with Crippen molar-refractivity contribution in [3.05, 3.63) is 34.9 Å². The van der Waals surface area contributed by atoms with Gasteiger partial charge in [-0.15, -0.1) is 0 Å². The second kappa shape index (κ2) is 5.50. The molecule has 0 aliphatic rings. The summed E-state index contributed by atoms with van der Waals surface area (Å²) >= 11 is 5.87. The molecule has 1 aromatic rings. The molecule has 0 aromatic heterocycles. The van der Waals surface area contributed by atoms with Crippen LogP contribution in [0, 0.1) is 11.8 Å². The molecule has 3 heteroatoms. The maximum absolute atomic E-state index is 10.1. The van der Waals surface area contributed by atoms with Gasteiger partial charge in [0.2, 0.25) is 0 Å². The predicted molar refractivity (Wildman–Crippen MR) is 63.8 cm³/mol. The number of aliphatic hydroxyl groups is 1. The molecule has 3 N–H and O–H groups in total. The van der Waals surface area contributed by atoms with E-state index in [-0.39, 0.29) is 5.92 Å². The Morgan fingerprint density at radius 1 is 1.40 bits per heavy atom. The van der Waals surface area contributed by atoms with Gasteiger partial charge in [-0.05, 0) is 30.2 Å². The number of rotatable bonds is 4. The monoisotopic (exact) mass is 227 g/mol. The van der Waals surface area contributed by atoms with Gasteiger partial charge in [0.25, 0.3) is 0 Å². The molecule has 1 rings (SSSR count). The largest absolute Gasteiger partial charge is 0.388 e.